The minimum absolute atomic E-state index is 0.0107. The number of nitriles is 1. The molecule has 0 saturated heterocycles. The zero-order chi connectivity index (χ0) is 28.8. The fourth-order valence-electron chi connectivity index (χ4n) is 3.96. The van der Waals surface area contributed by atoms with Gasteiger partial charge in [-0.15, -0.1) is 15.3 Å². The van der Waals surface area contributed by atoms with E-state index in [0.717, 1.165) is 36.8 Å². The van der Waals surface area contributed by atoms with Gasteiger partial charge in [0.1, 0.15) is 12.2 Å². The van der Waals surface area contributed by atoms with Gasteiger partial charge in [-0.25, -0.2) is 9.59 Å². The number of rotatable bonds is 8. The summed E-state index contributed by atoms with van der Waals surface area (Å²) in [6, 6.07) is 5.80. The van der Waals surface area contributed by atoms with Crippen molar-refractivity contribution in [2.24, 2.45) is 0 Å². The van der Waals surface area contributed by atoms with Crippen molar-refractivity contribution in [3.05, 3.63) is 60.3 Å². The van der Waals surface area contributed by atoms with E-state index in [9.17, 15) is 14.4 Å². The van der Waals surface area contributed by atoms with Crippen LogP contribution in [0.3, 0.4) is 0 Å². The van der Waals surface area contributed by atoms with E-state index >= 15 is 0 Å². The van der Waals surface area contributed by atoms with Crippen molar-refractivity contribution >= 4 is 29.4 Å². The lowest BCUT2D eigenvalue weighted by molar-refractivity contribution is -0.0240. The highest BCUT2D eigenvalue weighted by atomic mass is 35.5. The number of carbonyl (C=O) groups is 1. The maximum atomic E-state index is 12.2. The minimum Gasteiger partial charge on any atom is -0.438 e. The molecule has 2 heterocycles. The Hall–Kier alpha value is -4.15. The van der Waals surface area contributed by atoms with Gasteiger partial charge < -0.3 is 18.9 Å². The van der Waals surface area contributed by atoms with Crippen molar-refractivity contribution in [2.45, 2.75) is 58.0 Å². The Kier molecular flexibility index (Phi) is 9.23. The molecular weight excluding hydrogens is 567 g/mol. The summed E-state index contributed by atoms with van der Waals surface area (Å²) in [5.41, 5.74) is -1.64. The van der Waals surface area contributed by atoms with Gasteiger partial charge in [-0.1, -0.05) is 43.5 Å². The first-order valence-electron chi connectivity index (χ1n) is 12.3. The molecule has 3 aromatic rings. The lowest BCUT2D eigenvalue weighted by Crippen LogP contribution is -2.33. The molecule has 0 amide bonds. The number of ether oxygens (including phenoxy) is 4. The van der Waals surface area contributed by atoms with Crippen LogP contribution in [0.15, 0.2) is 27.8 Å². The summed E-state index contributed by atoms with van der Waals surface area (Å²) in [7, 11) is 0. The van der Waals surface area contributed by atoms with Gasteiger partial charge in [-0.2, -0.15) is 9.94 Å². The average Bonchev–Trinajstić information content (AvgIpc) is 2.91. The number of hydrogen-bond donors (Lipinski definition) is 1. The van der Waals surface area contributed by atoms with Gasteiger partial charge in [0.05, 0.1) is 15.7 Å². The summed E-state index contributed by atoms with van der Waals surface area (Å²) in [6.07, 6.45) is 3.88. The summed E-state index contributed by atoms with van der Waals surface area (Å²) in [5.74, 6) is 0.105. The molecule has 1 fully saturated rings. The number of aromatic nitrogens is 5. The minimum atomic E-state index is -0.918. The number of nitrogens with one attached hydrogen (secondary N) is 1. The predicted octanol–water partition coefficient (Wildman–Crippen LogP) is 4.63. The molecule has 1 aromatic carbocycles. The molecule has 0 spiro atoms. The van der Waals surface area contributed by atoms with Crippen LogP contribution in [0.2, 0.25) is 10.0 Å². The summed E-state index contributed by atoms with van der Waals surface area (Å²) in [4.78, 5) is 37.8. The smallest absolute Gasteiger partial charge is 0.438 e. The van der Waals surface area contributed by atoms with E-state index in [1.807, 2.05) is 18.8 Å². The molecule has 0 radical (unpaired) electrons. The van der Waals surface area contributed by atoms with E-state index < -0.39 is 29.9 Å². The number of benzene rings is 1. The molecule has 4 rings (SSSR count). The maximum absolute atomic E-state index is 12.2. The summed E-state index contributed by atoms with van der Waals surface area (Å²) in [6.45, 7) is 3.38. The molecule has 2 aromatic heterocycles. The van der Waals surface area contributed by atoms with E-state index in [0.29, 0.717) is 5.56 Å². The lowest BCUT2D eigenvalue weighted by atomic mass is 9.98. The first kappa shape index (κ1) is 28.8. The molecule has 0 aliphatic heterocycles. The van der Waals surface area contributed by atoms with Crippen molar-refractivity contribution in [2.75, 3.05) is 6.79 Å². The molecule has 210 valence electrons. The number of H-pyrrole nitrogens is 1. The van der Waals surface area contributed by atoms with Crippen molar-refractivity contribution in [3.8, 4) is 29.3 Å². The van der Waals surface area contributed by atoms with E-state index in [4.69, 9.17) is 47.4 Å². The van der Waals surface area contributed by atoms with Gasteiger partial charge >= 0.3 is 11.8 Å². The van der Waals surface area contributed by atoms with Crippen LogP contribution in [0.1, 0.15) is 63.1 Å². The standard InChI is InChI=1S/C25H24Cl2N6O7/c1-13(2)16-10-20(30-31-23(16)37-12-38-25(36)39-15-6-4-3-5-7-15)40-21-17(26)8-14(9-18(21)27)33-24(35)29-22(34)19(11-28)32-33/h8-10,13,15H,3-7,12H2,1-2H3,(H,29,34,35). The van der Waals surface area contributed by atoms with Crippen LogP contribution in [0.4, 0.5) is 4.79 Å². The molecule has 1 aliphatic carbocycles. The molecule has 0 bridgehead atoms. The molecule has 1 saturated carbocycles. The lowest BCUT2D eigenvalue weighted by Gasteiger charge is -2.21. The monoisotopic (exact) mass is 590 g/mol. The van der Waals surface area contributed by atoms with Crippen molar-refractivity contribution in [3.63, 3.8) is 0 Å². The Balaban J connectivity index is 1.47. The van der Waals surface area contributed by atoms with Crippen LogP contribution in [0.25, 0.3) is 5.69 Å². The second-order valence-corrected chi connectivity index (χ2v) is 9.92. The number of halogens is 2. The van der Waals surface area contributed by atoms with Gasteiger partial charge in [0.2, 0.25) is 24.2 Å². The molecule has 0 unspecified atom stereocenters. The van der Waals surface area contributed by atoms with Crippen molar-refractivity contribution < 1.29 is 23.7 Å². The third kappa shape index (κ3) is 6.88. The molecule has 1 aliphatic rings. The van der Waals surface area contributed by atoms with Crippen LogP contribution in [-0.4, -0.2) is 44.0 Å². The molecular formula is C25H24Cl2N6O7. The summed E-state index contributed by atoms with van der Waals surface area (Å²) < 4.78 is 22.4. The molecule has 13 nitrogen and oxygen atoms in total. The highest BCUT2D eigenvalue weighted by molar-refractivity contribution is 6.37. The number of nitrogens with zero attached hydrogens (tertiary/aromatic N) is 5. The van der Waals surface area contributed by atoms with Gasteiger partial charge in [0.25, 0.3) is 5.56 Å². The van der Waals surface area contributed by atoms with Crippen molar-refractivity contribution in [1.82, 2.24) is 25.0 Å². The second kappa shape index (κ2) is 12.8. The second-order valence-electron chi connectivity index (χ2n) is 9.10. The van der Waals surface area contributed by atoms with E-state index in [-0.39, 0.29) is 45.3 Å². The normalized spacial score (nSPS) is 13.5. The van der Waals surface area contributed by atoms with E-state index in [2.05, 4.69) is 15.3 Å². The average molecular weight is 591 g/mol. The van der Waals surface area contributed by atoms with E-state index in [1.54, 1.807) is 12.1 Å². The van der Waals surface area contributed by atoms with Crippen LogP contribution in [0.5, 0.6) is 17.5 Å². The maximum Gasteiger partial charge on any atom is 0.511 e. The van der Waals surface area contributed by atoms with E-state index in [1.165, 1.54) is 12.1 Å². The van der Waals surface area contributed by atoms with Crippen LogP contribution in [-0.2, 0) is 9.47 Å². The SMILES string of the molecule is CC(C)c1cc(Oc2c(Cl)cc(-n3nc(C#N)c(=O)[nH]c3=O)cc2Cl)nnc1OCOC(=O)OC1CCCCC1. The largest absolute Gasteiger partial charge is 0.511 e. The van der Waals surface area contributed by atoms with Crippen LogP contribution >= 0.6 is 23.2 Å². The molecule has 40 heavy (non-hydrogen) atoms. The molecule has 1 N–H and O–H groups in total. The van der Waals surface area contributed by atoms with Gasteiger partial charge in [0, 0.05) is 11.6 Å². The Labute approximate surface area is 237 Å². The Morgan fingerprint density at radius 2 is 1.85 bits per heavy atom. The summed E-state index contributed by atoms with van der Waals surface area (Å²) >= 11 is 12.7. The van der Waals surface area contributed by atoms with Gasteiger partial charge in [-0.3, -0.25) is 9.78 Å². The number of carbonyl (C=O) groups excluding carboxylic acids is 1. The van der Waals surface area contributed by atoms with Crippen LogP contribution < -0.4 is 20.7 Å². The van der Waals surface area contributed by atoms with Gasteiger partial charge in [0.15, 0.2) is 5.75 Å². The fraction of sp³-hybridized carbons (Fsp3) is 0.400. The third-order valence-corrected chi connectivity index (χ3v) is 6.50. The highest BCUT2D eigenvalue weighted by Crippen LogP contribution is 2.38. The predicted molar refractivity (Wildman–Crippen MR) is 141 cm³/mol. The first-order chi connectivity index (χ1) is 19.2. The quantitative estimate of drug-likeness (QED) is 0.286. The number of aromatic amines is 1. The number of hydrogen-bond acceptors (Lipinski definition) is 11. The van der Waals surface area contributed by atoms with Gasteiger partial charge in [-0.05, 0) is 43.7 Å². The fourth-order valence-corrected chi connectivity index (χ4v) is 4.51. The topological polar surface area (TPSA) is 171 Å². The van der Waals surface area contributed by atoms with Crippen LogP contribution in [0, 0.1) is 11.3 Å². The molecule has 15 heteroatoms. The third-order valence-electron chi connectivity index (χ3n) is 5.94. The molecule has 0 atom stereocenters. The Morgan fingerprint density at radius 1 is 1.15 bits per heavy atom. The first-order valence-corrected chi connectivity index (χ1v) is 13.1. The van der Waals surface area contributed by atoms with Crippen molar-refractivity contribution in [1.29, 1.82) is 5.26 Å². The Bertz CT molecular complexity index is 1540. The zero-order valence-electron chi connectivity index (χ0n) is 21.5. The summed E-state index contributed by atoms with van der Waals surface area (Å²) in [5, 5.41) is 20.8. The zero-order valence-corrected chi connectivity index (χ0v) is 23.0. The highest BCUT2D eigenvalue weighted by Gasteiger charge is 2.20. The Morgan fingerprint density at radius 3 is 2.50 bits per heavy atom.